The van der Waals surface area contributed by atoms with Crippen LogP contribution in [0.3, 0.4) is 0 Å². The summed E-state index contributed by atoms with van der Waals surface area (Å²) in [5, 5.41) is 6.35. The maximum absolute atomic E-state index is 14.2. The van der Waals surface area contributed by atoms with E-state index in [0.717, 1.165) is 31.5 Å². The number of H-pyrrole nitrogens is 1. The minimum Gasteiger partial charge on any atom is -0.365 e. The smallest absolute Gasteiger partial charge is 0.183 e. The highest BCUT2D eigenvalue weighted by atomic mass is 19.1. The summed E-state index contributed by atoms with van der Waals surface area (Å²) in [6, 6.07) is 1.53. The molecule has 4 rings (SSSR count). The highest BCUT2D eigenvalue weighted by Crippen LogP contribution is 2.30. The summed E-state index contributed by atoms with van der Waals surface area (Å²) < 4.78 is 41.7. The van der Waals surface area contributed by atoms with Crippen LogP contribution in [0.4, 0.5) is 19.0 Å². The van der Waals surface area contributed by atoms with E-state index in [2.05, 4.69) is 25.4 Å². The summed E-state index contributed by atoms with van der Waals surface area (Å²) >= 11 is 0. The normalized spacial score (nSPS) is 20.0. The van der Waals surface area contributed by atoms with E-state index >= 15 is 0 Å². The molecule has 0 bridgehead atoms. The van der Waals surface area contributed by atoms with E-state index in [-0.39, 0.29) is 34.6 Å². The van der Waals surface area contributed by atoms with E-state index in [4.69, 9.17) is 0 Å². The second-order valence-electron chi connectivity index (χ2n) is 6.67. The molecule has 1 fully saturated rings. The zero-order valence-electron chi connectivity index (χ0n) is 14.2. The Morgan fingerprint density at radius 1 is 1.19 bits per heavy atom. The van der Waals surface area contributed by atoms with Crippen molar-refractivity contribution in [2.75, 3.05) is 5.32 Å². The first-order chi connectivity index (χ1) is 13.0. The minimum absolute atomic E-state index is 0.0113. The van der Waals surface area contributed by atoms with Gasteiger partial charge in [0, 0.05) is 29.3 Å². The maximum Gasteiger partial charge on any atom is 0.183 e. The first kappa shape index (κ1) is 17.4. The molecule has 2 aromatic heterocycles. The monoisotopic (exact) mass is 375 g/mol. The highest BCUT2D eigenvalue weighted by Gasteiger charge is 2.24. The van der Waals surface area contributed by atoms with Crippen molar-refractivity contribution in [2.24, 2.45) is 5.18 Å². The van der Waals surface area contributed by atoms with Gasteiger partial charge in [0.15, 0.2) is 17.5 Å². The number of hydrogen-bond donors (Lipinski definition) is 2. The molecule has 0 spiro atoms. The van der Waals surface area contributed by atoms with E-state index in [9.17, 15) is 18.1 Å². The van der Waals surface area contributed by atoms with Crippen molar-refractivity contribution in [1.29, 1.82) is 0 Å². The average Bonchev–Trinajstić information content (AvgIpc) is 3.08. The van der Waals surface area contributed by atoms with Crippen LogP contribution in [0, 0.1) is 22.4 Å². The number of aromatic nitrogens is 3. The Labute approximate surface area is 152 Å². The third-order valence-corrected chi connectivity index (χ3v) is 4.83. The predicted molar refractivity (Wildman–Crippen MR) is 94.7 cm³/mol. The average molecular weight is 375 g/mol. The Bertz CT molecular complexity index is 1010. The van der Waals surface area contributed by atoms with Gasteiger partial charge in [-0.1, -0.05) is 5.18 Å². The summed E-state index contributed by atoms with van der Waals surface area (Å²) in [6.07, 6.45) is 5.29. The van der Waals surface area contributed by atoms with Gasteiger partial charge >= 0.3 is 0 Å². The van der Waals surface area contributed by atoms with Crippen molar-refractivity contribution >= 4 is 16.7 Å². The lowest BCUT2D eigenvalue weighted by atomic mass is 9.91. The molecule has 0 radical (unpaired) electrons. The fourth-order valence-corrected chi connectivity index (χ4v) is 3.52. The number of fused-ring (bicyclic) bond motifs is 1. The van der Waals surface area contributed by atoms with Crippen LogP contribution in [-0.4, -0.2) is 27.0 Å². The molecule has 1 aliphatic rings. The molecule has 3 aromatic rings. The van der Waals surface area contributed by atoms with Gasteiger partial charge in [0.1, 0.15) is 11.6 Å². The molecule has 2 N–H and O–H groups in total. The molecular weight excluding hydrogens is 359 g/mol. The van der Waals surface area contributed by atoms with Crippen molar-refractivity contribution in [2.45, 2.75) is 37.8 Å². The number of nitrogens with one attached hydrogen (secondary N) is 2. The molecule has 0 amide bonds. The molecule has 27 heavy (non-hydrogen) atoms. The molecule has 140 valence electrons. The maximum atomic E-state index is 14.2. The zero-order chi connectivity index (χ0) is 19.0. The number of hydrogen-bond acceptors (Lipinski definition) is 5. The van der Waals surface area contributed by atoms with E-state index in [0.29, 0.717) is 12.0 Å². The largest absolute Gasteiger partial charge is 0.365 e. The van der Waals surface area contributed by atoms with Crippen LogP contribution in [0.5, 0.6) is 0 Å². The Morgan fingerprint density at radius 3 is 2.85 bits per heavy atom. The van der Waals surface area contributed by atoms with Crippen LogP contribution in [0.1, 0.15) is 25.7 Å². The molecule has 2 heterocycles. The van der Waals surface area contributed by atoms with E-state index in [1.165, 1.54) is 12.3 Å². The van der Waals surface area contributed by atoms with Crippen molar-refractivity contribution in [3.8, 4) is 11.4 Å². The van der Waals surface area contributed by atoms with Gasteiger partial charge in [-0.25, -0.2) is 23.1 Å². The standard InChI is InChI=1S/C18H16F3N5O/c19-9-4-12-13(7-22-16(12)14(20)5-9)17-23-8-15(21)18(25-17)24-10-2-1-3-11(6-10)26-27/h4-5,7-8,10-11,22H,1-3,6H2,(H,23,24,25)/t10-,11+/m0/s1. The van der Waals surface area contributed by atoms with Crippen LogP contribution in [0.15, 0.2) is 29.7 Å². The fourth-order valence-electron chi connectivity index (χ4n) is 3.52. The predicted octanol–water partition coefficient (Wildman–Crippen LogP) is 4.53. The molecule has 1 aliphatic carbocycles. The quantitative estimate of drug-likeness (QED) is 0.656. The summed E-state index contributed by atoms with van der Waals surface area (Å²) in [7, 11) is 0. The van der Waals surface area contributed by atoms with Crippen LogP contribution in [0.25, 0.3) is 22.3 Å². The Hall–Kier alpha value is -2.97. The van der Waals surface area contributed by atoms with Crippen LogP contribution in [0.2, 0.25) is 0 Å². The van der Waals surface area contributed by atoms with Gasteiger partial charge in [-0.15, -0.1) is 0 Å². The summed E-state index contributed by atoms with van der Waals surface area (Å²) in [5.74, 6) is -1.97. The number of benzene rings is 1. The van der Waals surface area contributed by atoms with Crippen molar-refractivity contribution in [1.82, 2.24) is 15.0 Å². The van der Waals surface area contributed by atoms with Gasteiger partial charge < -0.3 is 10.3 Å². The van der Waals surface area contributed by atoms with E-state index in [1.807, 2.05) is 0 Å². The first-order valence-electron chi connectivity index (χ1n) is 8.63. The Kier molecular flexibility index (Phi) is 4.51. The van der Waals surface area contributed by atoms with Gasteiger partial charge in [-0.2, -0.15) is 4.91 Å². The zero-order valence-corrected chi connectivity index (χ0v) is 14.2. The number of halogens is 3. The van der Waals surface area contributed by atoms with Crippen molar-refractivity contribution in [3.63, 3.8) is 0 Å². The molecular formula is C18H16F3N5O. The third-order valence-electron chi connectivity index (χ3n) is 4.83. The lowest BCUT2D eigenvalue weighted by Gasteiger charge is -2.26. The van der Waals surface area contributed by atoms with Gasteiger partial charge in [0.2, 0.25) is 0 Å². The van der Waals surface area contributed by atoms with Gasteiger partial charge in [-0.3, -0.25) is 0 Å². The molecule has 0 aliphatic heterocycles. The molecule has 0 saturated heterocycles. The lowest BCUT2D eigenvalue weighted by Crippen LogP contribution is -2.29. The number of nitroso groups, excluding NO2 is 1. The molecule has 0 unspecified atom stereocenters. The van der Waals surface area contributed by atoms with E-state index in [1.54, 1.807) is 0 Å². The van der Waals surface area contributed by atoms with Gasteiger partial charge in [-0.05, 0) is 31.7 Å². The highest BCUT2D eigenvalue weighted by molar-refractivity contribution is 5.94. The van der Waals surface area contributed by atoms with Crippen molar-refractivity contribution in [3.05, 3.63) is 46.9 Å². The molecule has 9 heteroatoms. The first-order valence-corrected chi connectivity index (χ1v) is 8.63. The molecule has 6 nitrogen and oxygen atoms in total. The number of anilines is 1. The Morgan fingerprint density at radius 2 is 2.04 bits per heavy atom. The Balaban J connectivity index is 1.68. The van der Waals surface area contributed by atoms with Crippen LogP contribution in [-0.2, 0) is 0 Å². The summed E-state index contributed by atoms with van der Waals surface area (Å²) in [4.78, 5) is 21.7. The number of aromatic amines is 1. The SMILES string of the molecule is O=N[C@@H]1CCC[C@H](Nc2nc(-c3c[nH]c4c(F)cc(F)cc34)ncc2F)C1. The fraction of sp³-hybridized carbons (Fsp3) is 0.333. The van der Waals surface area contributed by atoms with Gasteiger partial charge in [0.05, 0.1) is 17.8 Å². The van der Waals surface area contributed by atoms with Crippen LogP contribution < -0.4 is 5.32 Å². The lowest BCUT2D eigenvalue weighted by molar-refractivity contribution is 0.407. The minimum atomic E-state index is -0.730. The second-order valence-corrected chi connectivity index (χ2v) is 6.67. The number of rotatable bonds is 4. The van der Waals surface area contributed by atoms with Gasteiger partial charge in [0.25, 0.3) is 0 Å². The van der Waals surface area contributed by atoms with Crippen molar-refractivity contribution < 1.29 is 13.2 Å². The van der Waals surface area contributed by atoms with Crippen LogP contribution >= 0.6 is 0 Å². The number of nitrogens with zero attached hydrogens (tertiary/aromatic N) is 3. The summed E-state index contributed by atoms with van der Waals surface area (Å²) in [5.41, 5.74) is 0.489. The molecule has 1 aromatic carbocycles. The molecule has 2 atom stereocenters. The third kappa shape index (κ3) is 3.36. The van der Waals surface area contributed by atoms with E-state index < -0.39 is 17.5 Å². The summed E-state index contributed by atoms with van der Waals surface area (Å²) in [6.45, 7) is 0. The molecule has 1 saturated carbocycles. The topological polar surface area (TPSA) is 83.0 Å². The second kappa shape index (κ2) is 6.98.